The van der Waals surface area contributed by atoms with Crippen molar-refractivity contribution in [2.24, 2.45) is 0 Å². The first kappa shape index (κ1) is 32.2. The third-order valence-electron chi connectivity index (χ3n) is 7.85. The van der Waals surface area contributed by atoms with Crippen LogP contribution in [-0.2, 0) is 19.5 Å². The van der Waals surface area contributed by atoms with Gasteiger partial charge in [0.1, 0.15) is 12.4 Å². The van der Waals surface area contributed by atoms with E-state index in [0.717, 1.165) is 0 Å². The summed E-state index contributed by atoms with van der Waals surface area (Å²) in [6.07, 6.45) is 40.0. The number of nitrogens with zero attached hydrogens (tertiary/aromatic N) is 2. The van der Waals surface area contributed by atoms with Gasteiger partial charge in [-0.3, -0.25) is 0 Å². The highest BCUT2D eigenvalue weighted by Crippen LogP contribution is 2.14. The Hall–Kier alpha value is -0.790. The van der Waals surface area contributed by atoms with Crippen LogP contribution in [0.2, 0.25) is 0 Å². The normalized spacial score (nSPS) is 11.5. The molecule has 0 saturated heterocycles. The van der Waals surface area contributed by atoms with Crippen LogP contribution in [0.1, 0.15) is 181 Å². The lowest BCUT2D eigenvalue weighted by molar-refractivity contribution is -0.704. The van der Waals surface area contributed by atoms with Gasteiger partial charge < -0.3 is 0 Å². The topological polar surface area (TPSA) is 8.81 Å². The molecule has 35 heavy (non-hydrogen) atoms. The zero-order valence-electron chi connectivity index (χ0n) is 24.6. The molecule has 2 nitrogen and oxygen atoms in total. The van der Waals surface area contributed by atoms with Crippen molar-refractivity contribution in [2.45, 2.75) is 194 Å². The summed E-state index contributed by atoms with van der Waals surface area (Å²) in [5, 5.41) is 0. The molecular weight excluding hydrogens is 424 g/mol. The molecule has 1 heterocycles. The van der Waals surface area contributed by atoms with Crippen molar-refractivity contribution in [3.63, 3.8) is 0 Å². The van der Waals surface area contributed by atoms with Crippen molar-refractivity contribution in [1.29, 1.82) is 0 Å². The highest BCUT2D eigenvalue weighted by molar-refractivity contribution is 4.84. The van der Waals surface area contributed by atoms with E-state index in [0.29, 0.717) is 0 Å². The molecule has 1 aromatic heterocycles. The standard InChI is InChI=1S/C33H65N2/c1-4-7-10-13-15-17-19-21-24-27-30-35-32-31-34(29-26-23-12-9-6-3)33(35)28-25-22-20-18-16-14-11-8-5-2/h31-32H,4-30H2,1-3H3/q+1. The van der Waals surface area contributed by atoms with Gasteiger partial charge in [-0.2, -0.15) is 0 Å². The minimum absolute atomic E-state index is 1.22. The van der Waals surface area contributed by atoms with Crippen molar-refractivity contribution >= 4 is 0 Å². The lowest BCUT2D eigenvalue weighted by atomic mass is 10.1. The van der Waals surface area contributed by atoms with E-state index in [-0.39, 0.29) is 0 Å². The molecule has 0 aliphatic carbocycles. The van der Waals surface area contributed by atoms with Crippen LogP contribution >= 0.6 is 0 Å². The van der Waals surface area contributed by atoms with Crippen LogP contribution in [0.15, 0.2) is 12.4 Å². The minimum atomic E-state index is 1.22. The number of rotatable bonds is 27. The van der Waals surface area contributed by atoms with Crippen molar-refractivity contribution in [1.82, 2.24) is 4.57 Å². The van der Waals surface area contributed by atoms with Crippen LogP contribution in [0.25, 0.3) is 0 Å². The Morgan fingerprint density at radius 1 is 0.486 bits per heavy atom. The Morgan fingerprint density at radius 3 is 1.37 bits per heavy atom. The predicted octanol–water partition coefficient (Wildman–Crippen LogP) is 10.7. The highest BCUT2D eigenvalue weighted by atomic mass is 15.1. The molecule has 0 spiro atoms. The number of hydrogen-bond acceptors (Lipinski definition) is 0. The summed E-state index contributed by atoms with van der Waals surface area (Å²) in [4.78, 5) is 0. The Kier molecular flexibility index (Phi) is 22.9. The van der Waals surface area contributed by atoms with E-state index < -0.39 is 0 Å². The van der Waals surface area contributed by atoms with Gasteiger partial charge in [-0.15, -0.1) is 0 Å². The lowest BCUT2D eigenvalue weighted by Gasteiger charge is -2.07. The molecule has 0 amide bonds. The number of aryl methyl sites for hydroxylation is 2. The lowest BCUT2D eigenvalue weighted by Crippen LogP contribution is -2.37. The first-order valence-electron chi connectivity index (χ1n) is 16.4. The Labute approximate surface area is 221 Å². The van der Waals surface area contributed by atoms with E-state index in [9.17, 15) is 0 Å². The summed E-state index contributed by atoms with van der Waals surface area (Å²) in [6, 6.07) is 0. The molecule has 0 atom stereocenters. The van der Waals surface area contributed by atoms with Gasteiger partial charge in [0.15, 0.2) is 0 Å². The molecule has 0 aromatic carbocycles. The van der Waals surface area contributed by atoms with E-state index >= 15 is 0 Å². The molecule has 0 aliphatic rings. The van der Waals surface area contributed by atoms with Gasteiger partial charge in [0, 0.05) is 6.42 Å². The molecule has 1 rings (SSSR count). The average Bonchev–Trinajstić information content (AvgIpc) is 3.25. The fourth-order valence-electron chi connectivity index (χ4n) is 5.44. The Morgan fingerprint density at radius 2 is 0.886 bits per heavy atom. The van der Waals surface area contributed by atoms with Crippen molar-refractivity contribution in [3.05, 3.63) is 18.2 Å². The summed E-state index contributed by atoms with van der Waals surface area (Å²) in [6.45, 7) is 9.38. The van der Waals surface area contributed by atoms with Crippen LogP contribution < -0.4 is 4.57 Å². The SMILES string of the molecule is CCCCCCCCCCCCn1cc[n+](CCCCCCC)c1CCCCCCCCCCC. The smallest absolute Gasteiger partial charge is 0.234 e. The molecular formula is C33H65N2+. The Bertz CT molecular complexity index is 547. The second kappa shape index (κ2) is 24.9. The fraction of sp³-hybridized carbons (Fsp3) is 0.909. The molecule has 0 aliphatic heterocycles. The van der Waals surface area contributed by atoms with Crippen LogP contribution in [0.5, 0.6) is 0 Å². The summed E-state index contributed by atoms with van der Waals surface area (Å²) >= 11 is 0. The first-order valence-corrected chi connectivity index (χ1v) is 16.4. The van der Waals surface area contributed by atoms with E-state index in [1.807, 2.05) is 0 Å². The number of hydrogen-bond donors (Lipinski definition) is 0. The monoisotopic (exact) mass is 490 g/mol. The van der Waals surface area contributed by atoms with Crippen LogP contribution in [-0.4, -0.2) is 4.57 Å². The second-order valence-corrected chi connectivity index (χ2v) is 11.3. The maximum Gasteiger partial charge on any atom is 0.256 e. The summed E-state index contributed by atoms with van der Waals surface area (Å²) in [5.74, 6) is 1.61. The molecule has 0 unspecified atom stereocenters. The zero-order chi connectivity index (χ0) is 25.2. The van der Waals surface area contributed by atoms with Gasteiger partial charge in [0.2, 0.25) is 0 Å². The van der Waals surface area contributed by atoms with Gasteiger partial charge >= 0.3 is 0 Å². The van der Waals surface area contributed by atoms with Crippen LogP contribution in [0, 0.1) is 0 Å². The number of unbranched alkanes of at least 4 members (excludes halogenated alkanes) is 21. The van der Waals surface area contributed by atoms with Gasteiger partial charge in [0.05, 0.1) is 13.1 Å². The maximum atomic E-state index is 2.61. The molecule has 0 N–H and O–H groups in total. The van der Waals surface area contributed by atoms with Gasteiger partial charge in [-0.05, 0) is 32.1 Å². The molecule has 0 fully saturated rings. The zero-order valence-corrected chi connectivity index (χ0v) is 24.6. The van der Waals surface area contributed by atoms with Gasteiger partial charge in [0.25, 0.3) is 5.82 Å². The second-order valence-electron chi connectivity index (χ2n) is 11.3. The summed E-state index contributed by atoms with van der Waals surface area (Å²) in [5.41, 5.74) is 0. The summed E-state index contributed by atoms with van der Waals surface area (Å²) in [7, 11) is 0. The minimum Gasteiger partial charge on any atom is -0.234 e. The van der Waals surface area contributed by atoms with Crippen LogP contribution in [0.3, 0.4) is 0 Å². The predicted molar refractivity (Wildman–Crippen MR) is 156 cm³/mol. The molecule has 0 bridgehead atoms. The molecule has 0 radical (unpaired) electrons. The van der Waals surface area contributed by atoms with E-state index in [1.54, 1.807) is 5.82 Å². The third kappa shape index (κ3) is 18.2. The van der Waals surface area contributed by atoms with E-state index in [1.165, 1.54) is 174 Å². The van der Waals surface area contributed by atoms with Gasteiger partial charge in [-0.1, -0.05) is 143 Å². The number of imidazole rings is 1. The summed E-state index contributed by atoms with van der Waals surface area (Å²) < 4.78 is 5.22. The molecule has 2 heteroatoms. The highest BCUT2D eigenvalue weighted by Gasteiger charge is 2.16. The molecule has 0 saturated carbocycles. The van der Waals surface area contributed by atoms with E-state index in [2.05, 4.69) is 42.3 Å². The molecule has 206 valence electrons. The van der Waals surface area contributed by atoms with Crippen molar-refractivity contribution in [3.8, 4) is 0 Å². The van der Waals surface area contributed by atoms with Crippen LogP contribution in [0.4, 0.5) is 0 Å². The average molecular weight is 490 g/mol. The quantitative estimate of drug-likeness (QED) is 0.0858. The van der Waals surface area contributed by atoms with Crippen molar-refractivity contribution < 1.29 is 4.57 Å². The maximum absolute atomic E-state index is 2.61. The van der Waals surface area contributed by atoms with E-state index in [4.69, 9.17) is 0 Å². The fourth-order valence-corrected chi connectivity index (χ4v) is 5.44. The van der Waals surface area contributed by atoms with Gasteiger partial charge in [-0.25, -0.2) is 9.13 Å². The largest absolute Gasteiger partial charge is 0.256 e. The third-order valence-corrected chi connectivity index (χ3v) is 7.85. The number of aromatic nitrogens is 2. The molecule has 1 aromatic rings. The van der Waals surface area contributed by atoms with Crippen molar-refractivity contribution in [2.75, 3.05) is 0 Å². The first-order chi connectivity index (χ1) is 17.3. The Balaban J connectivity index is 2.32.